The highest BCUT2D eigenvalue weighted by Crippen LogP contribution is 2.23. The molecule has 1 aromatic carbocycles. The van der Waals surface area contributed by atoms with Crippen molar-refractivity contribution in [2.45, 2.75) is 44.8 Å². The predicted octanol–water partition coefficient (Wildman–Crippen LogP) is 3.66. The molecule has 0 unspecified atom stereocenters. The third kappa shape index (κ3) is 6.34. The average Bonchev–Trinajstić information content (AvgIpc) is 3.39. The Labute approximate surface area is 223 Å². The highest BCUT2D eigenvalue weighted by molar-refractivity contribution is 7.09. The van der Waals surface area contributed by atoms with Crippen LogP contribution in [-0.2, 0) is 17.6 Å². The zero-order valence-electron chi connectivity index (χ0n) is 21.1. The smallest absolute Gasteiger partial charge is 0.328 e. The van der Waals surface area contributed by atoms with E-state index in [1.54, 1.807) is 47.9 Å². The van der Waals surface area contributed by atoms with Gasteiger partial charge in [-0.15, -0.1) is 11.3 Å². The second-order valence-corrected chi connectivity index (χ2v) is 10.2. The summed E-state index contributed by atoms with van der Waals surface area (Å²) in [5.41, 5.74) is 2.49. The number of anilines is 1. The number of benzene rings is 1. The number of hydrogen-bond acceptors (Lipinski definition) is 8. The maximum Gasteiger partial charge on any atom is 0.328 e. The molecule has 198 valence electrons. The Morgan fingerprint density at radius 1 is 1.16 bits per heavy atom. The molecule has 3 aromatic heterocycles. The van der Waals surface area contributed by atoms with E-state index in [0.717, 1.165) is 28.8 Å². The standard InChI is InChI=1S/C28H30N4O5S/c1-17(2)22-16-38-24(29-22)10-8-18-12-13-32-23(14-18)31-27(20(28(32)37)9-11-25(34)35)30-21(15-33)26(36)19-6-4-3-5-7-19/h3-7,9,11-14,16-17,21,26,30,33,36H,8,10,15H2,1-2H3,(H,34,35)/b11-9+/t21-,26+/m1/s1. The highest BCUT2D eigenvalue weighted by Gasteiger charge is 2.23. The van der Waals surface area contributed by atoms with Gasteiger partial charge in [0.1, 0.15) is 17.6 Å². The average molecular weight is 535 g/mol. The molecule has 10 heteroatoms. The van der Waals surface area contributed by atoms with E-state index in [1.807, 2.05) is 12.1 Å². The van der Waals surface area contributed by atoms with Crippen molar-refractivity contribution in [3.8, 4) is 0 Å². The number of rotatable bonds is 11. The molecule has 0 aliphatic carbocycles. The van der Waals surface area contributed by atoms with Crippen LogP contribution in [0.5, 0.6) is 0 Å². The number of aliphatic carboxylic acids is 1. The maximum absolute atomic E-state index is 13.3. The Kier molecular flexibility index (Phi) is 8.67. The molecule has 2 atom stereocenters. The first-order valence-corrected chi connectivity index (χ1v) is 13.2. The van der Waals surface area contributed by atoms with Crippen molar-refractivity contribution in [1.29, 1.82) is 0 Å². The highest BCUT2D eigenvalue weighted by atomic mass is 32.1. The fraction of sp³-hybridized carbons (Fsp3) is 0.286. The van der Waals surface area contributed by atoms with Crippen molar-refractivity contribution in [2.24, 2.45) is 0 Å². The summed E-state index contributed by atoms with van der Waals surface area (Å²) in [7, 11) is 0. The second kappa shape index (κ2) is 12.1. The zero-order valence-corrected chi connectivity index (χ0v) is 21.9. The van der Waals surface area contributed by atoms with Crippen LogP contribution in [0, 0.1) is 0 Å². The molecule has 0 saturated heterocycles. The van der Waals surface area contributed by atoms with Crippen molar-refractivity contribution in [1.82, 2.24) is 14.4 Å². The van der Waals surface area contributed by atoms with Crippen LogP contribution < -0.4 is 10.9 Å². The van der Waals surface area contributed by atoms with Crippen LogP contribution in [0.1, 0.15) is 53.3 Å². The van der Waals surface area contributed by atoms with E-state index in [1.165, 1.54) is 10.5 Å². The van der Waals surface area contributed by atoms with Gasteiger partial charge in [0.15, 0.2) is 0 Å². The van der Waals surface area contributed by atoms with Gasteiger partial charge in [0.25, 0.3) is 5.56 Å². The van der Waals surface area contributed by atoms with Gasteiger partial charge in [-0.3, -0.25) is 9.20 Å². The van der Waals surface area contributed by atoms with Crippen molar-refractivity contribution >= 4 is 34.8 Å². The largest absolute Gasteiger partial charge is 0.478 e. The Morgan fingerprint density at radius 2 is 1.92 bits per heavy atom. The third-order valence-electron chi connectivity index (χ3n) is 6.15. The van der Waals surface area contributed by atoms with E-state index in [-0.39, 0.29) is 11.4 Å². The van der Waals surface area contributed by atoms with E-state index < -0.39 is 30.3 Å². The van der Waals surface area contributed by atoms with Crippen LogP contribution in [0.4, 0.5) is 5.82 Å². The van der Waals surface area contributed by atoms with Crippen molar-refractivity contribution < 1.29 is 20.1 Å². The minimum Gasteiger partial charge on any atom is -0.478 e. The lowest BCUT2D eigenvalue weighted by atomic mass is 10.0. The van der Waals surface area contributed by atoms with Gasteiger partial charge >= 0.3 is 5.97 Å². The van der Waals surface area contributed by atoms with Crippen LogP contribution in [-0.4, -0.2) is 48.3 Å². The fourth-order valence-corrected chi connectivity index (χ4v) is 4.96. The van der Waals surface area contributed by atoms with E-state index in [9.17, 15) is 19.8 Å². The molecule has 0 spiro atoms. The van der Waals surface area contributed by atoms with Gasteiger partial charge in [-0.05, 0) is 41.7 Å². The third-order valence-corrected chi connectivity index (χ3v) is 7.08. The molecule has 0 fully saturated rings. The summed E-state index contributed by atoms with van der Waals surface area (Å²) in [5, 5.41) is 36.1. The number of aromatic nitrogens is 3. The first kappa shape index (κ1) is 27.2. The van der Waals surface area contributed by atoms with E-state index in [0.29, 0.717) is 23.5 Å². The second-order valence-electron chi connectivity index (χ2n) is 9.22. The molecular weight excluding hydrogens is 504 g/mol. The van der Waals surface area contributed by atoms with Gasteiger partial charge in [-0.2, -0.15) is 0 Å². The Morgan fingerprint density at radius 3 is 2.58 bits per heavy atom. The summed E-state index contributed by atoms with van der Waals surface area (Å²) >= 11 is 1.63. The molecule has 4 rings (SSSR count). The van der Waals surface area contributed by atoms with Gasteiger partial charge in [0.2, 0.25) is 0 Å². The summed E-state index contributed by atoms with van der Waals surface area (Å²) in [5.74, 6) is -0.781. The molecule has 4 aromatic rings. The van der Waals surface area contributed by atoms with Crippen molar-refractivity contribution in [2.75, 3.05) is 11.9 Å². The zero-order chi connectivity index (χ0) is 27.2. The van der Waals surface area contributed by atoms with Crippen LogP contribution in [0.2, 0.25) is 0 Å². The number of nitrogens with zero attached hydrogens (tertiary/aromatic N) is 3. The molecule has 0 saturated carbocycles. The molecule has 9 nitrogen and oxygen atoms in total. The normalized spacial score (nSPS) is 13.3. The number of thiazole rings is 1. The van der Waals surface area contributed by atoms with Crippen LogP contribution in [0.15, 0.2) is 64.9 Å². The lowest BCUT2D eigenvalue weighted by molar-refractivity contribution is -0.131. The monoisotopic (exact) mass is 534 g/mol. The maximum atomic E-state index is 13.3. The quantitative estimate of drug-likeness (QED) is 0.214. The molecular formula is C28H30N4O5S. The molecule has 0 radical (unpaired) electrons. The molecule has 0 amide bonds. The van der Waals surface area contributed by atoms with Crippen LogP contribution in [0.25, 0.3) is 11.7 Å². The molecule has 4 N–H and O–H groups in total. The minimum atomic E-state index is -1.22. The Bertz CT molecular complexity index is 1500. The predicted molar refractivity (Wildman–Crippen MR) is 148 cm³/mol. The van der Waals surface area contributed by atoms with Crippen molar-refractivity contribution in [3.63, 3.8) is 0 Å². The van der Waals surface area contributed by atoms with Gasteiger partial charge in [-0.1, -0.05) is 44.2 Å². The van der Waals surface area contributed by atoms with Crippen LogP contribution >= 0.6 is 11.3 Å². The number of aliphatic hydroxyl groups is 2. The van der Waals surface area contributed by atoms with Gasteiger partial charge in [0.05, 0.1) is 28.9 Å². The lowest BCUT2D eigenvalue weighted by Crippen LogP contribution is -2.33. The summed E-state index contributed by atoms with van der Waals surface area (Å²) in [6, 6.07) is 11.5. The molecule has 0 aliphatic rings. The van der Waals surface area contributed by atoms with E-state index >= 15 is 0 Å². The molecule has 0 bridgehead atoms. The Balaban J connectivity index is 1.68. The van der Waals surface area contributed by atoms with E-state index in [4.69, 9.17) is 5.11 Å². The number of hydrogen-bond donors (Lipinski definition) is 4. The molecule has 0 aliphatic heterocycles. The fourth-order valence-electron chi connectivity index (χ4n) is 4.00. The number of carboxylic acid groups (broad SMARTS) is 1. The Hall–Kier alpha value is -3.86. The summed E-state index contributed by atoms with van der Waals surface area (Å²) in [4.78, 5) is 33.8. The number of nitrogens with one attached hydrogen (secondary N) is 1. The summed E-state index contributed by atoms with van der Waals surface area (Å²) in [6.07, 6.45) is 3.98. The minimum absolute atomic E-state index is 0.000335. The number of aliphatic hydroxyl groups excluding tert-OH is 2. The molecule has 38 heavy (non-hydrogen) atoms. The summed E-state index contributed by atoms with van der Waals surface area (Å²) in [6.45, 7) is 3.76. The number of aryl methyl sites for hydroxylation is 2. The first-order valence-electron chi connectivity index (χ1n) is 12.3. The number of fused-ring (bicyclic) bond motifs is 1. The van der Waals surface area contributed by atoms with Crippen LogP contribution in [0.3, 0.4) is 0 Å². The van der Waals surface area contributed by atoms with Crippen molar-refractivity contribution in [3.05, 3.63) is 97.9 Å². The first-order chi connectivity index (χ1) is 18.3. The summed E-state index contributed by atoms with van der Waals surface area (Å²) < 4.78 is 1.35. The molecule has 3 heterocycles. The topological polar surface area (TPSA) is 137 Å². The van der Waals surface area contributed by atoms with E-state index in [2.05, 4.69) is 34.5 Å². The van der Waals surface area contributed by atoms with Gasteiger partial charge in [0, 0.05) is 24.1 Å². The SMILES string of the molecule is CC(C)c1csc(CCc2ccn3c(=O)c(/C=C/C(=O)O)c(N[C@H](CO)[C@@H](O)c4ccccc4)nc3c2)n1. The lowest BCUT2D eigenvalue weighted by Gasteiger charge is -2.24. The number of pyridine rings is 1. The number of carbonyl (C=O) groups is 1. The van der Waals surface area contributed by atoms with Gasteiger partial charge < -0.3 is 20.6 Å². The van der Waals surface area contributed by atoms with Gasteiger partial charge in [-0.25, -0.2) is 14.8 Å². The number of carboxylic acids is 1.